The van der Waals surface area contributed by atoms with E-state index in [1.165, 1.54) is 88.7 Å². The van der Waals surface area contributed by atoms with E-state index in [0.717, 1.165) is 17.1 Å². The second-order valence-electron chi connectivity index (χ2n) is 16.8. The van der Waals surface area contributed by atoms with Gasteiger partial charge in [-0.15, -0.1) is 0 Å². The summed E-state index contributed by atoms with van der Waals surface area (Å²) < 4.78 is 0. The molecule has 1 aliphatic rings. The zero-order chi connectivity index (χ0) is 41.6. The Morgan fingerprint density at radius 1 is 0.306 bits per heavy atom. The van der Waals surface area contributed by atoms with Crippen molar-refractivity contribution in [3.8, 4) is 66.8 Å². The van der Waals surface area contributed by atoms with Crippen LogP contribution in [0, 0.1) is 0 Å². The molecule has 0 N–H and O–H groups in total. The Hall–Kier alpha value is -7.74. The lowest BCUT2D eigenvalue weighted by molar-refractivity contribution is 0.660. The van der Waals surface area contributed by atoms with Gasteiger partial charge in [-0.1, -0.05) is 220 Å². The van der Waals surface area contributed by atoms with Crippen molar-refractivity contribution < 1.29 is 0 Å². The number of nitrogens with zero attached hydrogens (tertiary/aromatic N) is 1. The van der Waals surface area contributed by atoms with Gasteiger partial charge in [0, 0.05) is 22.4 Å². The fraction of sp³-hybridized carbons (Fsp3) is 0.0492. The minimum atomic E-state index is -0.0870. The average molecular weight is 792 g/mol. The molecule has 11 rings (SSSR count). The molecule has 294 valence electrons. The van der Waals surface area contributed by atoms with Gasteiger partial charge >= 0.3 is 0 Å². The predicted molar refractivity (Wildman–Crippen MR) is 263 cm³/mol. The van der Waals surface area contributed by atoms with E-state index in [0.29, 0.717) is 0 Å². The van der Waals surface area contributed by atoms with Crippen molar-refractivity contribution in [1.82, 2.24) is 0 Å². The van der Waals surface area contributed by atoms with Crippen LogP contribution in [-0.4, -0.2) is 0 Å². The fourth-order valence-corrected chi connectivity index (χ4v) is 9.94. The highest BCUT2D eigenvalue weighted by molar-refractivity contribution is 6.02. The van der Waals surface area contributed by atoms with Crippen molar-refractivity contribution in [1.29, 1.82) is 0 Å². The molecule has 0 amide bonds. The first-order chi connectivity index (χ1) is 30.5. The van der Waals surface area contributed by atoms with Crippen LogP contribution in [0.2, 0.25) is 0 Å². The molecule has 0 atom stereocenters. The van der Waals surface area contributed by atoms with Gasteiger partial charge < -0.3 is 4.90 Å². The van der Waals surface area contributed by atoms with Gasteiger partial charge in [0.1, 0.15) is 0 Å². The normalized spacial score (nSPS) is 12.5. The third kappa shape index (κ3) is 6.33. The third-order valence-corrected chi connectivity index (χ3v) is 12.9. The maximum atomic E-state index is 2.47. The molecule has 0 unspecified atom stereocenters. The Bertz CT molecular complexity index is 3240. The van der Waals surface area contributed by atoms with E-state index < -0.39 is 0 Å². The summed E-state index contributed by atoms with van der Waals surface area (Å²) in [5.74, 6) is 0. The molecule has 62 heavy (non-hydrogen) atoms. The molecule has 0 heterocycles. The van der Waals surface area contributed by atoms with Crippen molar-refractivity contribution in [2.45, 2.75) is 19.3 Å². The molecule has 0 bridgehead atoms. The van der Waals surface area contributed by atoms with Crippen molar-refractivity contribution >= 4 is 27.8 Å². The fourth-order valence-electron chi connectivity index (χ4n) is 9.94. The van der Waals surface area contributed by atoms with Crippen LogP contribution < -0.4 is 4.90 Å². The Morgan fingerprint density at radius 2 is 0.806 bits per heavy atom. The SMILES string of the molecule is CC1(C)c2ccccc2-c2c(-c3cccc(N(c4ccc(-c5cccc6ccccc56)cc4)c4cccc(-c5ccccc5)c4-c4ccccc4-c4ccccc4)c3)cccc21. The Morgan fingerprint density at radius 3 is 1.58 bits per heavy atom. The molecule has 0 aliphatic heterocycles. The first kappa shape index (κ1) is 37.3. The lowest BCUT2D eigenvalue weighted by Gasteiger charge is -2.30. The van der Waals surface area contributed by atoms with Gasteiger partial charge in [-0.25, -0.2) is 0 Å². The number of rotatable bonds is 8. The number of fused-ring (bicyclic) bond motifs is 4. The average Bonchev–Trinajstić information content (AvgIpc) is 3.58. The summed E-state index contributed by atoms with van der Waals surface area (Å²) in [6.07, 6.45) is 0. The van der Waals surface area contributed by atoms with Crippen LogP contribution >= 0.6 is 0 Å². The van der Waals surface area contributed by atoms with Crippen molar-refractivity contribution in [3.05, 3.63) is 248 Å². The standard InChI is InChI=1S/C61H45N/c1-61(2)56-34-14-13-30-55(56)59-53(32-17-35-57(59)61)46-25-15-26-48(41-46)62(47-39-37-45(38-40-47)50-31-16-24-43-23-9-10-27-49(43)50)58-36-18-33-52(44-21-7-4-8-22-44)60(58)54-29-12-11-28-51(54)42-19-5-3-6-20-42/h3-41H,1-2H3. The lowest BCUT2D eigenvalue weighted by atomic mass is 9.82. The van der Waals surface area contributed by atoms with Crippen LogP contribution in [0.5, 0.6) is 0 Å². The minimum Gasteiger partial charge on any atom is -0.310 e. The van der Waals surface area contributed by atoms with Gasteiger partial charge in [0.2, 0.25) is 0 Å². The zero-order valence-corrected chi connectivity index (χ0v) is 35.0. The highest BCUT2D eigenvalue weighted by atomic mass is 15.1. The zero-order valence-electron chi connectivity index (χ0n) is 35.0. The monoisotopic (exact) mass is 791 g/mol. The topological polar surface area (TPSA) is 3.24 Å². The molecule has 0 saturated heterocycles. The second kappa shape index (κ2) is 15.4. The number of hydrogen-bond donors (Lipinski definition) is 0. The van der Waals surface area contributed by atoms with Gasteiger partial charge in [0.05, 0.1) is 5.69 Å². The van der Waals surface area contributed by atoms with Crippen LogP contribution in [0.3, 0.4) is 0 Å². The molecular formula is C61H45N. The third-order valence-electron chi connectivity index (χ3n) is 12.9. The molecule has 1 nitrogen and oxygen atoms in total. The summed E-state index contributed by atoms with van der Waals surface area (Å²) in [5, 5.41) is 2.49. The summed E-state index contributed by atoms with van der Waals surface area (Å²) >= 11 is 0. The van der Waals surface area contributed by atoms with Gasteiger partial charge in [-0.05, 0) is 113 Å². The maximum Gasteiger partial charge on any atom is 0.0546 e. The van der Waals surface area contributed by atoms with E-state index in [1.807, 2.05) is 0 Å². The molecule has 0 saturated carbocycles. The second-order valence-corrected chi connectivity index (χ2v) is 16.8. The van der Waals surface area contributed by atoms with Gasteiger partial charge in [-0.2, -0.15) is 0 Å². The van der Waals surface area contributed by atoms with E-state index in [4.69, 9.17) is 0 Å². The van der Waals surface area contributed by atoms with Gasteiger partial charge in [-0.3, -0.25) is 0 Å². The lowest BCUT2D eigenvalue weighted by Crippen LogP contribution is -2.14. The summed E-state index contributed by atoms with van der Waals surface area (Å²) in [5.41, 5.74) is 20.6. The highest BCUT2D eigenvalue weighted by Crippen LogP contribution is 2.53. The Labute approximate surface area is 364 Å². The van der Waals surface area contributed by atoms with E-state index in [1.54, 1.807) is 0 Å². The molecule has 0 spiro atoms. The molecule has 10 aromatic rings. The van der Waals surface area contributed by atoms with Crippen molar-refractivity contribution in [2.24, 2.45) is 0 Å². The van der Waals surface area contributed by atoms with Crippen LogP contribution in [0.1, 0.15) is 25.0 Å². The maximum absolute atomic E-state index is 2.47. The Balaban J connectivity index is 1.16. The van der Waals surface area contributed by atoms with Crippen LogP contribution in [0.4, 0.5) is 17.1 Å². The quantitative estimate of drug-likeness (QED) is 0.148. The molecule has 0 radical (unpaired) electrons. The molecule has 1 aliphatic carbocycles. The summed E-state index contributed by atoms with van der Waals surface area (Å²) in [6.45, 7) is 4.71. The predicted octanol–water partition coefficient (Wildman–Crippen LogP) is 17.0. The minimum absolute atomic E-state index is 0.0870. The smallest absolute Gasteiger partial charge is 0.0546 e. The van der Waals surface area contributed by atoms with E-state index >= 15 is 0 Å². The summed E-state index contributed by atoms with van der Waals surface area (Å²) in [7, 11) is 0. The Kier molecular flexibility index (Phi) is 9.24. The van der Waals surface area contributed by atoms with Crippen LogP contribution in [0.25, 0.3) is 77.5 Å². The highest BCUT2D eigenvalue weighted by Gasteiger charge is 2.36. The summed E-state index contributed by atoms with van der Waals surface area (Å²) in [4.78, 5) is 2.47. The number of hydrogen-bond acceptors (Lipinski definition) is 1. The van der Waals surface area contributed by atoms with Crippen molar-refractivity contribution in [3.63, 3.8) is 0 Å². The molecule has 1 heteroatoms. The molecule has 0 aromatic heterocycles. The first-order valence-corrected chi connectivity index (χ1v) is 21.6. The van der Waals surface area contributed by atoms with E-state index in [-0.39, 0.29) is 5.41 Å². The first-order valence-electron chi connectivity index (χ1n) is 21.6. The van der Waals surface area contributed by atoms with Gasteiger partial charge in [0.15, 0.2) is 0 Å². The van der Waals surface area contributed by atoms with Crippen LogP contribution in [-0.2, 0) is 5.41 Å². The number of anilines is 3. The molecular weight excluding hydrogens is 747 g/mol. The molecule has 10 aromatic carbocycles. The summed E-state index contributed by atoms with van der Waals surface area (Å²) in [6, 6.07) is 86.7. The van der Waals surface area contributed by atoms with E-state index in [2.05, 4.69) is 255 Å². The van der Waals surface area contributed by atoms with Crippen LogP contribution in [0.15, 0.2) is 237 Å². The largest absolute Gasteiger partial charge is 0.310 e. The molecule has 0 fully saturated rings. The van der Waals surface area contributed by atoms with Crippen molar-refractivity contribution in [2.75, 3.05) is 4.90 Å². The van der Waals surface area contributed by atoms with Gasteiger partial charge in [0.25, 0.3) is 0 Å². The van der Waals surface area contributed by atoms with E-state index in [9.17, 15) is 0 Å². The number of benzene rings is 10.